The van der Waals surface area contributed by atoms with Crippen LogP contribution in [0.2, 0.25) is 0 Å². The van der Waals surface area contributed by atoms with Crippen LogP contribution >= 0.6 is 0 Å². The minimum absolute atomic E-state index is 0.290. The van der Waals surface area contributed by atoms with Crippen molar-refractivity contribution in [1.82, 2.24) is 0 Å². The van der Waals surface area contributed by atoms with Crippen molar-refractivity contribution in [2.45, 2.75) is 0 Å². The highest BCUT2D eigenvalue weighted by atomic mass is 16.6. The van der Waals surface area contributed by atoms with Crippen LogP contribution in [0.25, 0.3) is 11.5 Å². The van der Waals surface area contributed by atoms with Gasteiger partial charge in [0.05, 0.1) is 10.5 Å². The zero-order valence-corrected chi connectivity index (χ0v) is 9.48. The standard InChI is InChI=1S/C14H11NO3/c16-14(12-9-5-2-6-10-12)13(15(17)18)11-7-3-1-4-8-11/h1-10,16H/b14-13+. The van der Waals surface area contributed by atoms with E-state index in [1.807, 2.05) is 0 Å². The first-order valence-corrected chi connectivity index (χ1v) is 5.38. The highest BCUT2D eigenvalue weighted by Crippen LogP contribution is 2.24. The van der Waals surface area contributed by atoms with E-state index in [4.69, 9.17) is 0 Å². The van der Waals surface area contributed by atoms with Crippen LogP contribution in [-0.4, -0.2) is 10.0 Å². The van der Waals surface area contributed by atoms with Crippen LogP contribution in [0.5, 0.6) is 0 Å². The van der Waals surface area contributed by atoms with E-state index >= 15 is 0 Å². The fourth-order valence-corrected chi connectivity index (χ4v) is 1.66. The molecule has 0 saturated carbocycles. The van der Waals surface area contributed by atoms with Crippen molar-refractivity contribution < 1.29 is 10.0 Å². The number of aliphatic hydroxyl groups is 1. The highest BCUT2D eigenvalue weighted by molar-refractivity contribution is 5.82. The van der Waals surface area contributed by atoms with Gasteiger partial charge in [0.25, 0.3) is 0 Å². The fourth-order valence-electron chi connectivity index (χ4n) is 1.66. The largest absolute Gasteiger partial charge is 0.502 e. The van der Waals surface area contributed by atoms with E-state index in [2.05, 4.69) is 0 Å². The topological polar surface area (TPSA) is 63.4 Å². The Morgan fingerprint density at radius 2 is 1.33 bits per heavy atom. The lowest BCUT2D eigenvalue weighted by Crippen LogP contribution is -2.02. The van der Waals surface area contributed by atoms with E-state index < -0.39 is 4.92 Å². The van der Waals surface area contributed by atoms with Gasteiger partial charge in [-0.15, -0.1) is 0 Å². The zero-order chi connectivity index (χ0) is 13.0. The van der Waals surface area contributed by atoms with Gasteiger partial charge in [-0.05, 0) is 12.1 Å². The molecule has 0 spiro atoms. The van der Waals surface area contributed by atoms with Gasteiger partial charge in [0, 0.05) is 5.56 Å². The van der Waals surface area contributed by atoms with E-state index in [1.54, 1.807) is 60.7 Å². The molecular weight excluding hydrogens is 230 g/mol. The Morgan fingerprint density at radius 3 is 1.78 bits per heavy atom. The number of aliphatic hydroxyl groups excluding tert-OH is 1. The molecule has 2 aromatic carbocycles. The molecule has 0 bridgehead atoms. The zero-order valence-electron chi connectivity index (χ0n) is 9.48. The van der Waals surface area contributed by atoms with Crippen molar-refractivity contribution in [2.75, 3.05) is 0 Å². The molecular formula is C14H11NO3. The average Bonchev–Trinajstić information content (AvgIpc) is 2.40. The van der Waals surface area contributed by atoms with E-state index in [0.717, 1.165) is 0 Å². The molecule has 2 rings (SSSR count). The molecule has 0 aliphatic carbocycles. The van der Waals surface area contributed by atoms with Crippen LogP contribution in [0, 0.1) is 10.1 Å². The van der Waals surface area contributed by atoms with Crippen molar-refractivity contribution in [1.29, 1.82) is 0 Å². The molecule has 4 nitrogen and oxygen atoms in total. The number of hydrogen-bond acceptors (Lipinski definition) is 3. The molecule has 4 heteroatoms. The highest BCUT2D eigenvalue weighted by Gasteiger charge is 2.21. The first kappa shape index (κ1) is 11.9. The number of nitro groups is 1. The van der Waals surface area contributed by atoms with Crippen molar-refractivity contribution in [2.24, 2.45) is 0 Å². The normalized spacial score (nSPS) is 11.8. The molecule has 0 atom stereocenters. The maximum atomic E-state index is 11.1. The van der Waals surface area contributed by atoms with E-state index in [1.165, 1.54) is 0 Å². The quantitative estimate of drug-likeness (QED) is 0.388. The van der Waals surface area contributed by atoms with Gasteiger partial charge in [-0.3, -0.25) is 10.1 Å². The van der Waals surface area contributed by atoms with Crippen LogP contribution in [0.3, 0.4) is 0 Å². The molecule has 2 aromatic rings. The van der Waals surface area contributed by atoms with Crippen LogP contribution < -0.4 is 0 Å². The van der Waals surface area contributed by atoms with Crippen molar-refractivity contribution in [3.05, 3.63) is 81.9 Å². The summed E-state index contributed by atoms with van der Waals surface area (Å²) in [6.45, 7) is 0. The summed E-state index contributed by atoms with van der Waals surface area (Å²) in [5, 5.41) is 21.1. The van der Waals surface area contributed by atoms with Gasteiger partial charge in [0.2, 0.25) is 5.76 Å². The molecule has 0 aliphatic heterocycles. The number of nitrogens with zero attached hydrogens (tertiary/aromatic N) is 1. The van der Waals surface area contributed by atoms with Gasteiger partial charge in [-0.1, -0.05) is 48.5 Å². The van der Waals surface area contributed by atoms with Gasteiger partial charge >= 0.3 is 5.70 Å². The molecule has 0 heterocycles. The minimum Gasteiger partial charge on any atom is -0.502 e. The Morgan fingerprint density at radius 1 is 0.889 bits per heavy atom. The SMILES string of the molecule is O=[N+]([O-])/C(=C(/O)c1ccccc1)c1ccccc1. The Kier molecular flexibility index (Phi) is 3.38. The van der Waals surface area contributed by atoms with Gasteiger partial charge in [-0.25, -0.2) is 0 Å². The third-order valence-corrected chi connectivity index (χ3v) is 2.50. The van der Waals surface area contributed by atoms with Crippen molar-refractivity contribution in [3.63, 3.8) is 0 Å². The molecule has 1 N–H and O–H groups in total. The third kappa shape index (κ3) is 2.38. The van der Waals surface area contributed by atoms with Crippen molar-refractivity contribution in [3.8, 4) is 0 Å². The molecule has 0 amide bonds. The second kappa shape index (κ2) is 5.14. The molecule has 0 aliphatic rings. The summed E-state index contributed by atoms with van der Waals surface area (Å²) in [5.41, 5.74) is 0.513. The van der Waals surface area contributed by atoms with Gasteiger partial charge < -0.3 is 5.11 Å². The Balaban J connectivity index is 2.58. The maximum absolute atomic E-state index is 11.1. The maximum Gasteiger partial charge on any atom is 0.318 e. The number of hydrogen-bond donors (Lipinski definition) is 1. The molecule has 0 fully saturated rings. The van der Waals surface area contributed by atoms with Gasteiger partial charge in [0.15, 0.2) is 0 Å². The predicted molar refractivity (Wildman–Crippen MR) is 69.3 cm³/mol. The second-order valence-corrected chi connectivity index (χ2v) is 3.69. The molecule has 0 radical (unpaired) electrons. The first-order valence-electron chi connectivity index (χ1n) is 5.38. The monoisotopic (exact) mass is 241 g/mol. The Labute approximate surface area is 104 Å². The Hall–Kier alpha value is -2.62. The number of benzene rings is 2. The third-order valence-electron chi connectivity index (χ3n) is 2.50. The summed E-state index contributed by atoms with van der Waals surface area (Å²) in [5.74, 6) is -0.327. The summed E-state index contributed by atoms with van der Waals surface area (Å²) >= 11 is 0. The molecule has 18 heavy (non-hydrogen) atoms. The minimum atomic E-state index is -0.572. The van der Waals surface area contributed by atoms with E-state index in [9.17, 15) is 15.2 Å². The smallest absolute Gasteiger partial charge is 0.318 e. The van der Waals surface area contributed by atoms with Crippen LogP contribution in [0.15, 0.2) is 60.7 Å². The lowest BCUT2D eigenvalue weighted by molar-refractivity contribution is -0.375. The molecule has 0 aromatic heterocycles. The molecule has 90 valence electrons. The van der Waals surface area contributed by atoms with Crippen LogP contribution in [0.4, 0.5) is 0 Å². The van der Waals surface area contributed by atoms with Gasteiger partial charge in [0.1, 0.15) is 0 Å². The average molecular weight is 241 g/mol. The summed E-state index contributed by atoms with van der Waals surface area (Å²) in [7, 11) is 0. The van der Waals surface area contributed by atoms with E-state index in [0.29, 0.717) is 11.1 Å². The lowest BCUT2D eigenvalue weighted by Gasteiger charge is -2.03. The second-order valence-electron chi connectivity index (χ2n) is 3.69. The Bertz CT molecular complexity index is 577. The molecule has 0 saturated heterocycles. The van der Waals surface area contributed by atoms with Crippen LogP contribution in [-0.2, 0) is 0 Å². The summed E-state index contributed by atoms with van der Waals surface area (Å²) in [6.07, 6.45) is 0. The lowest BCUT2D eigenvalue weighted by atomic mass is 10.1. The van der Waals surface area contributed by atoms with Crippen molar-refractivity contribution >= 4 is 11.5 Å². The molecule has 0 unspecified atom stereocenters. The van der Waals surface area contributed by atoms with Crippen LogP contribution in [0.1, 0.15) is 11.1 Å². The number of rotatable bonds is 3. The summed E-state index contributed by atoms with van der Waals surface area (Å²) in [4.78, 5) is 10.5. The summed E-state index contributed by atoms with van der Waals surface area (Å²) < 4.78 is 0. The van der Waals surface area contributed by atoms with Gasteiger partial charge in [-0.2, -0.15) is 0 Å². The fraction of sp³-hybridized carbons (Fsp3) is 0. The first-order chi connectivity index (χ1) is 8.70. The van der Waals surface area contributed by atoms with E-state index in [-0.39, 0.29) is 11.5 Å². The summed E-state index contributed by atoms with van der Waals surface area (Å²) in [6, 6.07) is 16.8. The predicted octanol–water partition coefficient (Wildman–Crippen LogP) is 3.35.